The fourth-order valence-corrected chi connectivity index (χ4v) is 5.85. The van der Waals surface area contributed by atoms with Crippen LogP contribution in [0.25, 0.3) is 0 Å². The number of alkyl halides is 2. The molecule has 0 aromatic carbocycles. The summed E-state index contributed by atoms with van der Waals surface area (Å²) >= 11 is 0. The van der Waals surface area contributed by atoms with E-state index in [-0.39, 0.29) is 61.8 Å². The summed E-state index contributed by atoms with van der Waals surface area (Å²) in [5, 5.41) is 5.13. The van der Waals surface area contributed by atoms with E-state index >= 15 is 0 Å². The number of ketones is 1. The predicted octanol–water partition coefficient (Wildman–Crippen LogP) is 1.94. The Morgan fingerprint density at radius 3 is 2.36 bits per heavy atom. The van der Waals surface area contributed by atoms with Crippen LogP contribution in [0.3, 0.4) is 0 Å². The summed E-state index contributed by atoms with van der Waals surface area (Å²) < 4.78 is 27.2. The molecule has 3 fully saturated rings. The molecule has 0 radical (unpaired) electrons. The number of amides is 3. The fourth-order valence-electron chi connectivity index (χ4n) is 5.85. The lowest BCUT2D eigenvalue weighted by molar-refractivity contribution is -0.145. The number of Topliss-reactive ketones (excluding diaryl/α,β-unsaturated/α-hetero) is 1. The average Bonchev–Trinajstić information content (AvgIpc) is 3.17. The highest BCUT2D eigenvalue weighted by Crippen LogP contribution is 2.65. The standard InChI is InChI=1S/C26H38F2N4O4/c1-5-7-8-17(21(33)23(35)30-13-6-2)31-22(34)20-18-16(25(18,3)4)14-32(20)24(36)19(29)15-9-11-26(27,28)12-10-15/h5-6,15-20H,1-2,7-14,29H2,3-4H3,(H,30,35)(H,31,34)/t16?,17?,18?,19-,20-/m0/s1. The zero-order valence-electron chi connectivity index (χ0n) is 21.1. The number of fused-ring (bicyclic) bond motifs is 1. The second-order valence-corrected chi connectivity index (χ2v) is 10.9. The van der Waals surface area contributed by atoms with E-state index in [2.05, 4.69) is 23.8 Å². The molecular weight excluding hydrogens is 470 g/mol. The number of nitrogens with one attached hydrogen (secondary N) is 2. The van der Waals surface area contributed by atoms with Gasteiger partial charge < -0.3 is 21.3 Å². The van der Waals surface area contributed by atoms with Crippen molar-refractivity contribution in [2.24, 2.45) is 28.9 Å². The maximum atomic E-state index is 13.6. The molecule has 0 spiro atoms. The Hall–Kier alpha value is -2.62. The van der Waals surface area contributed by atoms with Gasteiger partial charge in [-0.25, -0.2) is 8.78 Å². The lowest BCUT2D eigenvalue weighted by Gasteiger charge is -2.36. The van der Waals surface area contributed by atoms with Crippen molar-refractivity contribution in [1.82, 2.24) is 15.5 Å². The number of halogens is 2. The number of hydrogen-bond acceptors (Lipinski definition) is 5. The molecule has 3 amide bonds. The van der Waals surface area contributed by atoms with Crippen LogP contribution in [-0.4, -0.2) is 65.5 Å². The van der Waals surface area contributed by atoms with Gasteiger partial charge in [0, 0.05) is 25.9 Å². The Balaban J connectivity index is 1.75. The largest absolute Gasteiger partial charge is 0.346 e. The molecule has 200 valence electrons. The van der Waals surface area contributed by atoms with Crippen LogP contribution in [0.4, 0.5) is 8.78 Å². The molecule has 8 nitrogen and oxygen atoms in total. The molecule has 1 saturated heterocycles. The van der Waals surface area contributed by atoms with Crippen molar-refractivity contribution in [2.45, 2.75) is 76.4 Å². The predicted molar refractivity (Wildman–Crippen MR) is 131 cm³/mol. The van der Waals surface area contributed by atoms with Crippen LogP contribution in [0.15, 0.2) is 25.3 Å². The number of piperidine rings is 1. The molecule has 3 rings (SSSR count). The summed E-state index contributed by atoms with van der Waals surface area (Å²) in [7, 11) is 0. The van der Waals surface area contributed by atoms with Crippen molar-refractivity contribution in [3.05, 3.63) is 25.3 Å². The first-order valence-corrected chi connectivity index (χ1v) is 12.6. The van der Waals surface area contributed by atoms with Crippen molar-refractivity contribution in [3.8, 4) is 0 Å². The van der Waals surface area contributed by atoms with E-state index in [4.69, 9.17) is 5.73 Å². The smallest absolute Gasteiger partial charge is 0.289 e. The maximum absolute atomic E-state index is 13.6. The van der Waals surface area contributed by atoms with Crippen molar-refractivity contribution >= 4 is 23.5 Å². The number of nitrogens with two attached hydrogens (primary N) is 1. The molecule has 0 aromatic rings. The first-order chi connectivity index (χ1) is 16.9. The average molecular weight is 509 g/mol. The van der Waals surface area contributed by atoms with Crippen LogP contribution in [0.2, 0.25) is 0 Å². The monoisotopic (exact) mass is 508 g/mol. The molecule has 5 atom stereocenters. The lowest BCUT2D eigenvalue weighted by Crippen LogP contribution is -2.58. The topological polar surface area (TPSA) is 122 Å². The van der Waals surface area contributed by atoms with Crippen LogP contribution in [0, 0.1) is 23.2 Å². The van der Waals surface area contributed by atoms with Crippen LogP contribution in [0.1, 0.15) is 52.4 Å². The Morgan fingerprint density at radius 2 is 1.78 bits per heavy atom. The van der Waals surface area contributed by atoms with Crippen LogP contribution in [-0.2, 0) is 19.2 Å². The maximum Gasteiger partial charge on any atom is 0.289 e. The fraction of sp³-hybridized carbons (Fsp3) is 0.692. The summed E-state index contributed by atoms with van der Waals surface area (Å²) in [5.74, 6) is -5.67. The van der Waals surface area contributed by atoms with Gasteiger partial charge in [0.2, 0.25) is 23.5 Å². The Morgan fingerprint density at radius 1 is 1.14 bits per heavy atom. The lowest BCUT2D eigenvalue weighted by atomic mass is 9.81. The van der Waals surface area contributed by atoms with Crippen molar-refractivity contribution in [2.75, 3.05) is 13.1 Å². The Kier molecular flexibility index (Phi) is 8.37. The summed E-state index contributed by atoms with van der Waals surface area (Å²) in [5.41, 5.74) is 6.09. The van der Waals surface area contributed by atoms with E-state index in [9.17, 15) is 28.0 Å². The number of carbonyl (C=O) groups is 4. The molecule has 1 heterocycles. The number of carbonyl (C=O) groups excluding carboxylic acids is 4. The van der Waals surface area contributed by atoms with Crippen LogP contribution < -0.4 is 16.4 Å². The Labute approximate surface area is 211 Å². The van der Waals surface area contributed by atoms with Crippen molar-refractivity contribution in [1.29, 1.82) is 0 Å². The summed E-state index contributed by atoms with van der Waals surface area (Å²) in [6, 6.07) is -2.89. The van der Waals surface area contributed by atoms with Gasteiger partial charge >= 0.3 is 0 Å². The first kappa shape index (κ1) is 28.0. The summed E-state index contributed by atoms with van der Waals surface area (Å²) in [4.78, 5) is 53.4. The van der Waals surface area contributed by atoms with E-state index < -0.39 is 47.6 Å². The van der Waals surface area contributed by atoms with E-state index in [0.717, 1.165) is 0 Å². The molecule has 4 N–H and O–H groups in total. The second kappa shape index (κ2) is 10.8. The highest BCUT2D eigenvalue weighted by molar-refractivity contribution is 6.38. The Bertz CT molecular complexity index is 912. The molecule has 2 saturated carbocycles. The zero-order valence-corrected chi connectivity index (χ0v) is 21.1. The normalized spacial score (nSPS) is 27.8. The van der Waals surface area contributed by atoms with E-state index in [1.807, 2.05) is 13.8 Å². The molecule has 0 bridgehead atoms. The number of hydrogen-bond donors (Lipinski definition) is 3. The van der Waals surface area contributed by atoms with Gasteiger partial charge in [0.05, 0.1) is 12.1 Å². The van der Waals surface area contributed by atoms with Crippen LogP contribution in [0.5, 0.6) is 0 Å². The van der Waals surface area contributed by atoms with Gasteiger partial charge in [0.1, 0.15) is 6.04 Å². The number of rotatable bonds is 11. The van der Waals surface area contributed by atoms with E-state index in [0.29, 0.717) is 13.0 Å². The van der Waals surface area contributed by atoms with Gasteiger partial charge in [-0.05, 0) is 48.9 Å². The molecule has 3 aliphatic rings. The number of allylic oxidation sites excluding steroid dienone is 1. The molecule has 36 heavy (non-hydrogen) atoms. The highest BCUT2D eigenvalue weighted by atomic mass is 19.3. The van der Waals surface area contributed by atoms with Crippen molar-refractivity contribution in [3.63, 3.8) is 0 Å². The quantitative estimate of drug-likeness (QED) is 0.291. The SMILES string of the molecule is C=CCCC(NC(=O)[C@@H]1C2C(CN1C(=O)[C@@H](N)C1CCC(F)(F)CC1)C2(C)C)C(=O)C(=O)NCC=C. The third-order valence-corrected chi connectivity index (χ3v) is 8.24. The number of likely N-dealkylation sites (tertiary alicyclic amines) is 1. The van der Waals surface area contributed by atoms with E-state index in [1.54, 1.807) is 6.08 Å². The zero-order chi connectivity index (χ0) is 26.8. The van der Waals surface area contributed by atoms with Gasteiger partial charge in [0.25, 0.3) is 5.91 Å². The molecular formula is C26H38F2N4O4. The minimum absolute atomic E-state index is 0.0957. The van der Waals surface area contributed by atoms with Gasteiger partial charge in [0.15, 0.2) is 0 Å². The molecule has 3 unspecified atom stereocenters. The van der Waals surface area contributed by atoms with E-state index in [1.165, 1.54) is 11.0 Å². The molecule has 1 aliphatic heterocycles. The van der Waals surface area contributed by atoms with Gasteiger partial charge in [-0.1, -0.05) is 26.0 Å². The highest BCUT2D eigenvalue weighted by Gasteiger charge is 2.69. The third kappa shape index (κ3) is 5.68. The van der Waals surface area contributed by atoms with Crippen molar-refractivity contribution < 1.29 is 28.0 Å². The second-order valence-electron chi connectivity index (χ2n) is 10.9. The first-order valence-electron chi connectivity index (χ1n) is 12.6. The van der Waals surface area contributed by atoms with Crippen LogP contribution >= 0.6 is 0 Å². The van der Waals surface area contributed by atoms with Gasteiger partial charge in [-0.2, -0.15) is 0 Å². The number of nitrogens with zero attached hydrogens (tertiary/aromatic N) is 1. The summed E-state index contributed by atoms with van der Waals surface area (Å²) in [6.45, 7) is 11.6. The minimum atomic E-state index is -2.73. The summed E-state index contributed by atoms with van der Waals surface area (Å²) in [6.07, 6.45) is 3.31. The van der Waals surface area contributed by atoms with Gasteiger partial charge in [-0.15, -0.1) is 13.2 Å². The molecule has 0 aromatic heterocycles. The minimum Gasteiger partial charge on any atom is -0.346 e. The molecule has 10 heteroatoms. The molecule has 2 aliphatic carbocycles. The van der Waals surface area contributed by atoms with Gasteiger partial charge in [-0.3, -0.25) is 19.2 Å². The third-order valence-electron chi connectivity index (χ3n) is 8.24.